The molecular formula is C28H38O5. The van der Waals surface area contributed by atoms with Gasteiger partial charge < -0.3 is 14.6 Å². The van der Waals surface area contributed by atoms with Gasteiger partial charge in [0.15, 0.2) is 11.6 Å². The third-order valence-corrected chi connectivity index (χ3v) is 5.94. The molecule has 0 amide bonds. The Morgan fingerprint density at radius 1 is 1.18 bits per heavy atom. The van der Waals surface area contributed by atoms with E-state index in [4.69, 9.17) is 9.47 Å². The molecule has 0 fully saturated rings. The zero-order valence-corrected chi connectivity index (χ0v) is 21.1. The Hall–Kier alpha value is -2.66. The molecule has 0 bridgehead atoms. The average Bonchev–Trinajstić information content (AvgIpc) is 2.68. The van der Waals surface area contributed by atoms with Gasteiger partial charge in [-0.2, -0.15) is 0 Å². The summed E-state index contributed by atoms with van der Waals surface area (Å²) in [5.41, 5.74) is 2.47. The number of allylic oxidation sites excluding steroid dienone is 4. The van der Waals surface area contributed by atoms with Crippen molar-refractivity contribution in [3.8, 4) is 11.5 Å². The molecule has 0 aromatic heterocycles. The molecule has 1 aromatic carbocycles. The number of phenolic OH excluding ortho intramolecular Hbond substituents is 1. The smallest absolute Gasteiger partial charge is 0.186 e. The van der Waals surface area contributed by atoms with E-state index in [0.29, 0.717) is 19.3 Å². The van der Waals surface area contributed by atoms with Gasteiger partial charge in [-0.3, -0.25) is 9.59 Å². The van der Waals surface area contributed by atoms with Crippen LogP contribution < -0.4 is 4.74 Å². The number of hydrogen-bond donors (Lipinski definition) is 1. The molecule has 5 nitrogen and oxygen atoms in total. The molecule has 1 aromatic rings. The monoisotopic (exact) mass is 454 g/mol. The summed E-state index contributed by atoms with van der Waals surface area (Å²) in [6.07, 6.45) is 10.2. The van der Waals surface area contributed by atoms with Gasteiger partial charge in [0, 0.05) is 12.0 Å². The zero-order valence-electron chi connectivity index (χ0n) is 21.1. The van der Waals surface area contributed by atoms with Crippen LogP contribution >= 0.6 is 0 Å². The number of ketones is 2. The molecule has 5 heteroatoms. The van der Waals surface area contributed by atoms with Gasteiger partial charge in [0.25, 0.3) is 0 Å². The lowest BCUT2D eigenvalue weighted by atomic mass is 9.87. The Kier molecular flexibility index (Phi) is 8.84. The summed E-state index contributed by atoms with van der Waals surface area (Å²) in [5, 5.41) is 9.87. The van der Waals surface area contributed by atoms with Crippen LogP contribution in [0.1, 0.15) is 71.4 Å². The second-order valence-corrected chi connectivity index (χ2v) is 9.83. The maximum Gasteiger partial charge on any atom is 0.186 e. The molecule has 180 valence electrons. The van der Waals surface area contributed by atoms with E-state index >= 15 is 0 Å². The van der Waals surface area contributed by atoms with Crippen molar-refractivity contribution in [2.45, 2.75) is 84.8 Å². The van der Waals surface area contributed by atoms with Gasteiger partial charge in [0.05, 0.1) is 12.7 Å². The Bertz CT molecular complexity index is 980. The number of rotatable bonds is 10. The molecule has 0 radical (unpaired) electrons. The molecule has 0 unspecified atom stereocenters. The highest BCUT2D eigenvalue weighted by Crippen LogP contribution is 2.32. The topological polar surface area (TPSA) is 72.8 Å². The minimum Gasteiger partial charge on any atom is -0.508 e. The highest BCUT2D eigenvalue weighted by atomic mass is 16.5. The molecule has 1 heterocycles. The summed E-state index contributed by atoms with van der Waals surface area (Å²) in [4.78, 5) is 24.8. The minimum atomic E-state index is -0.812. The predicted octanol–water partition coefficient (Wildman–Crippen LogP) is 5.97. The van der Waals surface area contributed by atoms with Crippen LogP contribution in [0.2, 0.25) is 0 Å². The highest BCUT2D eigenvalue weighted by Gasteiger charge is 2.40. The summed E-state index contributed by atoms with van der Waals surface area (Å²) in [5.74, 6) is 1.02. The van der Waals surface area contributed by atoms with Crippen LogP contribution in [-0.4, -0.2) is 35.0 Å². The molecule has 0 aliphatic carbocycles. The molecule has 0 saturated heterocycles. The SMILES string of the molecule is COc1c(C)cc(O)cc1C/C=C(\C)CC(=O)/C=C(\C)CCC[C@]1(C)OC(C)(C)C=CC1=O. The third-order valence-electron chi connectivity index (χ3n) is 5.94. The normalized spacial score (nSPS) is 20.8. The van der Waals surface area contributed by atoms with Crippen molar-refractivity contribution in [2.75, 3.05) is 7.11 Å². The Balaban J connectivity index is 1.89. The van der Waals surface area contributed by atoms with Crippen LogP contribution in [0.5, 0.6) is 11.5 Å². The second kappa shape index (κ2) is 11.0. The lowest BCUT2D eigenvalue weighted by Crippen LogP contribution is -2.47. The third kappa shape index (κ3) is 7.71. The van der Waals surface area contributed by atoms with E-state index in [1.165, 1.54) is 0 Å². The molecule has 1 atom stereocenters. The quantitative estimate of drug-likeness (QED) is 0.348. The fraction of sp³-hybridized carbons (Fsp3) is 0.500. The van der Waals surface area contributed by atoms with Crippen LogP contribution in [0.4, 0.5) is 0 Å². The molecule has 1 aliphatic heterocycles. The molecule has 1 N–H and O–H groups in total. The average molecular weight is 455 g/mol. The van der Waals surface area contributed by atoms with Crippen LogP contribution in [0, 0.1) is 6.92 Å². The fourth-order valence-corrected chi connectivity index (χ4v) is 4.30. The lowest BCUT2D eigenvalue weighted by Gasteiger charge is -2.38. The lowest BCUT2D eigenvalue weighted by molar-refractivity contribution is -0.157. The Labute approximate surface area is 198 Å². The van der Waals surface area contributed by atoms with E-state index in [1.54, 1.807) is 37.5 Å². The first-order chi connectivity index (χ1) is 15.3. The summed E-state index contributed by atoms with van der Waals surface area (Å²) in [7, 11) is 1.62. The number of aryl methyl sites for hydroxylation is 1. The van der Waals surface area contributed by atoms with E-state index in [0.717, 1.165) is 40.9 Å². The van der Waals surface area contributed by atoms with Crippen LogP contribution in [0.3, 0.4) is 0 Å². The van der Waals surface area contributed by atoms with Gasteiger partial charge in [0.2, 0.25) is 0 Å². The van der Waals surface area contributed by atoms with E-state index in [9.17, 15) is 14.7 Å². The van der Waals surface area contributed by atoms with Crippen molar-refractivity contribution in [3.63, 3.8) is 0 Å². The van der Waals surface area contributed by atoms with E-state index in [1.807, 2.05) is 47.6 Å². The fourth-order valence-electron chi connectivity index (χ4n) is 4.30. The van der Waals surface area contributed by atoms with Gasteiger partial charge in [-0.25, -0.2) is 0 Å². The number of aromatic hydroxyl groups is 1. The number of carbonyl (C=O) groups is 2. The van der Waals surface area contributed by atoms with Crippen molar-refractivity contribution in [2.24, 2.45) is 0 Å². The first-order valence-electron chi connectivity index (χ1n) is 11.5. The summed E-state index contributed by atoms with van der Waals surface area (Å²) in [6, 6.07) is 3.36. The predicted molar refractivity (Wildman–Crippen MR) is 132 cm³/mol. The van der Waals surface area contributed by atoms with Gasteiger partial charge in [0.1, 0.15) is 17.1 Å². The first kappa shape index (κ1) is 26.6. The van der Waals surface area contributed by atoms with Crippen molar-refractivity contribution < 1.29 is 24.2 Å². The van der Waals surface area contributed by atoms with Gasteiger partial charge in [-0.1, -0.05) is 17.2 Å². The summed E-state index contributed by atoms with van der Waals surface area (Å²) in [6.45, 7) is 11.5. The molecule has 0 saturated carbocycles. The van der Waals surface area contributed by atoms with Gasteiger partial charge in [-0.05, 0) is 103 Å². The maximum absolute atomic E-state index is 12.5. The number of methoxy groups -OCH3 is 1. The largest absolute Gasteiger partial charge is 0.508 e. The van der Waals surface area contributed by atoms with E-state index in [2.05, 4.69) is 0 Å². The summed E-state index contributed by atoms with van der Waals surface area (Å²) < 4.78 is 11.5. The van der Waals surface area contributed by atoms with Crippen LogP contribution in [0.15, 0.2) is 47.6 Å². The number of benzene rings is 1. The zero-order chi connectivity index (χ0) is 24.8. The van der Waals surface area contributed by atoms with Crippen molar-refractivity contribution in [1.82, 2.24) is 0 Å². The second-order valence-electron chi connectivity index (χ2n) is 9.83. The van der Waals surface area contributed by atoms with Crippen molar-refractivity contribution >= 4 is 11.6 Å². The van der Waals surface area contributed by atoms with E-state index < -0.39 is 11.2 Å². The molecule has 0 spiro atoms. The van der Waals surface area contributed by atoms with Crippen LogP contribution in [0.25, 0.3) is 0 Å². The number of ether oxygens (including phenoxy) is 2. The van der Waals surface area contributed by atoms with Crippen molar-refractivity contribution in [1.29, 1.82) is 0 Å². The summed E-state index contributed by atoms with van der Waals surface area (Å²) >= 11 is 0. The minimum absolute atomic E-state index is 0.00106. The number of hydrogen-bond acceptors (Lipinski definition) is 5. The Morgan fingerprint density at radius 3 is 2.55 bits per heavy atom. The highest BCUT2D eigenvalue weighted by molar-refractivity contribution is 5.97. The van der Waals surface area contributed by atoms with Gasteiger partial charge in [-0.15, -0.1) is 0 Å². The molecular weight excluding hydrogens is 416 g/mol. The van der Waals surface area contributed by atoms with Gasteiger partial charge >= 0.3 is 0 Å². The number of phenols is 1. The number of carbonyl (C=O) groups excluding carboxylic acids is 2. The van der Waals surface area contributed by atoms with E-state index in [-0.39, 0.29) is 17.3 Å². The molecule has 33 heavy (non-hydrogen) atoms. The Morgan fingerprint density at radius 2 is 1.88 bits per heavy atom. The maximum atomic E-state index is 12.5. The standard InChI is InChI=1S/C28H38O5/c1-19(9-8-13-28(6)25(31)12-14-27(4,5)33-28)15-23(29)16-20(2)10-11-22-18-24(30)17-21(3)26(22)32-7/h10,12,14-15,17-18,30H,8-9,11,13,16H2,1-7H3/b19-15+,20-10+/t28-/m0/s1. The molecule has 2 rings (SSSR count). The first-order valence-corrected chi connectivity index (χ1v) is 11.5. The van der Waals surface area contributed by atoms with Crippen LogP contribution in [-0.2, 0) is 20.7 Å². The van der Waals surface area contributed by atoms with Crippen molar-refractivity contribution in [3.05, 3.63) is 58.7 Å². The molecule has 1 aliphatic rings.